The van der Waals surface area contributed by atoms with Crippen molar-refractivity contribution in [2.75, 3.05) is 6.61 Å². The Bertz CT molecular complexity index is 403. The van der Waals surface area contributed by atoms with Crippen molar-refractivity contribution < 1.29 is 13.5 Å². The maximum Gasteiger partial charge on any atom is 0.252 e. The smallest absolute Gasteiger partial charge is 0.252 e. The molecule has 1 aromatic heterocycles. The van der Waals surface area contributed by atoms with Gasteiger partial charge in [0, 0.05) is 6.04 Å². The third-order valence-electron chi connectivity index (χ3n) is 1.35. The van der Waals surface area contributed by atoms with Crippen molar-refractivity contribution >= 4 is 33.0 Å². The summed E-state index contributed by atoms with van der Waals surface area (Å²) in [6, 6.07) is -0.527. The molecule has 0 saturated heterocycles. The monoisotopic (exact) mass is 256 g/mol. The van der Waals surface area contributed by atoms with Crippen molar-refractivity contribution in [2.45, 2.75) is 17.2 Å². The lowest BCUT2D eigenvalue weighted by Gasteiger charge is -2.08. The molecule has 1 atom stereocenters. The van der Waals surface area contributed by atoms with E-state index in [0.717, 1.165) is 11.3 Å². The molecular formula is C6H9ClN2O3S2. The highest BCUT2D eigenvalue weighted by atomic mass is 35.5. The average molecular weight is 257 g/mol. The van der Waals surface area contributed by atoms with Gasteiger partial charge in [0.1, 0.15) is 0 Å². The summed E-state index contributed by atoms with van der Waals surface area (Å²) in [7, 11) is -3.59. The summed E-state index contributed by atoms with van der Waals surface area (Å²) in [5.74, 6) is 0. The van der Waals surface area contributed by atoms with Crippen LogP contribution in [0, 0.1) is 0 Å². The first-order valence-electron chi connectivity index (χ1n) is 3.70. The summed E-state index contributed by atoms with van der Waals surface area (Å²) >= 11 is 6.37. The molecule has 0 unspecified atom stereocenters. The van der Waals surface area contributed by atoms with Gasteiger partial charge in [0.25, 0.3) is 10.0 Å². The SMILES string of the molecule is C[C@H](CO)NS(=O)(=O)c1cnc(Cl)s1. The van der Waals surface area contributed by atoms with Gasteiger partial charge in [0.05, 0.1) is 12.8 Å². The summed E-state index contributed by atoms with van der Waals surface area (Å²) in [5.41, 5.74) is 0. The number of aliphatic hydroxyl groups excluding tert-OH is 1. The maximum absolute atomic E-state index is 11.5. The number of aliphatic hydroxyl groups is 1. The largest absolute Gasteiger partial charge is 0.395 e. The molecule has 0 fully saturated rings. The highest BCUT2D eigenvalue weighted by Gasteiger charge is 2.19. The van der Waals surface area contributed by atoms with E-state index in [-0.39, 0.29) is 15.3 Å². The van der Waals surface area contributed by atoms with E-state index in [9.17, 15) is 8.42 Å². The van der Waals surface area contributed by atoms with Gasteiger partial charge in [-0.3, -0.25) is 0 Å². The van der Waals surface area contributed by atoms with Gasteiger partial charge in [-0.25, -0.2) is 18.1 Å². The molecule has 0 aromatic carbocycles. The second kappa shape index (κ2) is 4.54. The molecule has 1 aromatic rings. The lowest BCUT2D eigenvalue weighted by Crippen LogP contribution is -2.34. The standard InChI is InChI=1S/C6H9ClN2O3S2/c1-4(3-10)9-14(11,12)5-2-8-6(7)13-5/h2,4,9-10H,3H2,1H3/t4-/m1/s1. The van der Waals surface area contributed by atoms with E-state index in [4.69, 9.17) is 16.7 Å². The molecule has 1 rings (SSSR count). The predicted octanol–water partition coefficient (Wildman–Crippen LogP) is 0.456. The zero-order valence-corrected chi connectivity index (χ0v) is 9.66. The zero-order chi connectivity index (χ0) is 10.8. The van der Waals surface area contributed by atoms with Gasteiger partial charge in [0.2, 0.25) is 0 Å². The normalized spacial score (nSPS) is 14.2. The minimum atomic E-state index is -3.59. The van der Waals surface area contributed by atoms with Gasteiger partial charge in [-0.15, -0.1) is 0 Å². The number of nitrogens with one attached hydrogen (secondary N) is 1. The summed E-state index contributed by atoms with van der Waals surface area (Å²) in [5, 5.41) is 8.68. The molecule has 0 saturated carbocycles. The van der Waals surface area contributed by atoms with Crippen LogP contribution in [-0.2, 0) is 10.0 Å². The quantitative estimate of drug-likeness (QED) is 0.820. The Balaban J connectivity index is 2.86. The van der Waals surface area contributed by atoms with Crippen molar-refractivity contribution in [3.63, 3.8) is 0 Å². The second-order valence-corrected chi connectivity index (χ2v) is 6.19. The van der Waals surface area contributed by atoms with E-state index in [1.807, 2.05) is 0 Å². The second-order valence-electron chi connectivity index (χ2n) is 2.64. The molecular weight excluding hydrogens is 248 g/mol. The summed E-state index contributed by atoms with van der Waals surface area (Å²) in [4.78, 5) is 3.62. The number of sulfonamides is 1. The third-order valence-corrected chi connectivity index (χ3v) is 4.52. The predicted molar refractivity (Wildman–Crippen MR) is 54.0 cm³/mol. The first kappa shape index (κ1) is 11.9. The molecule has 0 aliphatic rings. The molecule has 0 radical (unpaired) electrons. The van der Waals surface area contributed by atoms with Gasteiger partial charge < -0.3 is 5.11 Å². The van der Waals surface area contributed by atoms with Crippen LogP contribution < -0.4 is 4.72 Å². The Morgan fingerprint density at radius 2 is 2.43 bits per heavy atom. The van der Waals surface area contributed by atoms with Crippen molar-refractivity contribution in [3.05, 3.63) is 10.7 Å². The number of rotatable bonds is 4. The summed E-state index contributed by atoms with van der Waals surface area (Å²) < 4.78 is 25.5. The fraction of sp³-hybridized carbons (Fsp3) is 0.500. The average Bonchev–Trinajstić information content (AvgIpc) is 2.51. The fourth-order valence-electron chi connectivity index (χ4n) is 0.724. The zero-order valence-electron chi connectivity index (χ0n) is 7.27. The molecule has 8 heteroatoms. The van der Waals surface area contributed by atoms with Crippen molar-refractivity contribution in [2.24, 2.45) is 0 Å². The Labute approximate surface area is 90.8 Å². The number of hydrogen-bond donors (Lipinski definition) is 2. The van der Waals surface area contributed by atoms with Crippen LogP contribution in [0.5, 0.6) is 0 Å². The number of halogens is 1. The molecule has 0 aliphatic carbocycles. The van der Waals surface area contributed by atoms with E-state index in [0.29, 0.717) is 0 Å². The highest BCUT2D eigenvalue weighted by Crippen LogP contribution is 2.22. The van der Waals surface area contributed by atoms with Crippen LogP contribution in [0.3, 0.4) is 0 Å². The van der Waals surface area contributed by atoms with Crippen LogP contribution in [0.1, 0.15) is 6.92 Å². The molecule has 1 heterocycles. The Hall–Kier alpha value is -0.210. The number of hydrogen-bond acceptors (Lipinski definition) is 5. The van der Waals surface area contributed by atoms with Crippen molar-refractivity contribution in [1.82, 2.24) is 9.71 Å². The number of aromatic nitrogens is 1. The van der Waals surface area contributed by atoms with Crippen LogP contribution in [0.25, 0.3) is 0 Å². The molecule has 0 amide bonds. The Morgan fingerprint density at radius 3 is 2.86 bits per heavy atom. The van der Waals surface area contributed by atoms with Gasteiger partial charge in [0.15, 0.2) is 8.68 Å². The molecule has 2 N–H and O–H groups in total. The molecule has 0 aliphatic heterocycles. The topological polar surface area (TPSA) is 79.3 Å². The minimum absolute atomic E-state index is 0.0443. The van der Waals surface area contributed by atoms with Crippen molar-refractivity contribution in [3.8, 4) is 0 Å². The first-order chi connectivity index (χ1) is 6.45. The third kappa shape index (κ3) is 2.89. The van der Waals surface area contributed by atoms with E-state index < -0.39 is 16.1 Å². The Morgan fingerprint density at radius 1 is 1.79 bits per heavy atom. The molecule has 0 bridgehead atoms. The summed E-state index contributed by atoms with van der Waals surface area (Å²) in [6.45, 7) is 1.30. The fourth-order valence-corrected chi connectivity index (χ4v) is 3.27. The maximum atomic E-state index is 11.5. The van der Waals surface area contributed by atoms with Crippen LogP contribution in [0.4, 0.5) is 0 Å². The van der Waals surface area contributed by atoms with Gasteiger partial charge in [-0.1, -0.05) is 22.9 Å². The van der Waals surface area contributed by atoms with Crippen LogP contribution in [-0.4, -0.2) is 31.2 Å². The van der Waals surface area contributed by atoms with Crippen molar-refractivity contribution in [1.29, 1.82) is 0 Å². The first-order valence-corrected chi connectivity index (χ1v) is 6.38. The summed E-state index contributed by atoms with van der Waals surface area (Å²) in [6.07, 6.45) is 1.18. The number of thiazole rings is 1. The van der Waals surface area contributed by atoms with Gasteiger partial charge in [-0.05, 0) is 6.92 Å². The minimum Gasteiger partial charge on any atom is -0.395 e. The molecule has 14 heavy (non-hydrogen) atoms. The van der Waals surface area contributed by atoms with E-state index >= 15 is 0 Å². The van der Waals surface area contributed by atoms with Crippen LogP contribution in [0.2, 0.25) is 4.47 Å². The van der Waals surface area contributed by atoms with E-state index in [2.05, 4.69) is 9.71 Å². The Kier molecular flexibility index (Phi) is 3.85. The van der Waals surface area contributed by atoms with Gasteiger partial charge in [-0.2, -0.15) is 0 Å². The number of nitrogens with zero attached hydrogens (tertiary/aromatic N) is 1. The molecule has 0 spiro atoms. The van der Waals surface area contributed by atoms with E-state index in [1.165, 1.54) is 6.20 Å². The lowest BCUT2D eigenvalue weighted by atomic mass is 10.4. The van der Waals surface area contributed by atoms with Gasteiger partial charge >= 0.3 is 0 Å². The van der Waals surface area contributed by atoms with Crippen LogP contribution >= 0.6 is 22.9 Å². The highest BCUT2D eigenvalue weighted by molar-refractivity contribution is 7.91. The molecule has 80 valence electrons. The van der Waals surface area contributed by atoms with Crippen LogP contribution in [0.15, 0.2) is 10.4 Å². The van der Waals surface area contributed by atoms with E-state index in [1.54, 1.807) is 6.92 Å². The lowest BCUT2D eigenvalue weighted by molar-refractivity contribution is 0.265. The molecule has 5 nitrogen and oxygen atoms in total.